The molecule has 0 aliphatic carbocycles. The van der Waals surface area contributed by atoms with E-state index >= 15 is 0 Å². The van der Waals surface area contributed by atoms with E-state index in [-0.39, 0.29) is 43.6 Å². The molecule has 0 saturated carbocycles. The first kappa shape index (κ1) is 30.9. The van der Waals surface area contributed by atoms with Gasteiger partial charge in [-0.2, -0.15) is 10.4 Å². The summed E-state index contributed by atoms with van der Waals surface area (Å²) >= 11 is 0. The van der Waals surface area contributed by atoms with Gasteiger partial charge in [-0.15, -0.1) is 0 Å². The number of para-hydroxylation sites is 1. The third-order valence-electron chi connectivity index (χ3n) is 6.69. The van der Waals surface area contributed by atoms with E-state index in [1.54, 1.807) is 17.7 Å². The van der Waals surface area contributed by atoms with Crippen LogP contribution in [0.3, 0.4) is 0 Å². The first-order chi connectivity index (χ1) is 20.6. The lowest BCUT2D eigenvalue weighted by molar-refractivity contribution is -0.142. The summed E-state index contributed by atoms with van der Waals surface area (Å²) in [5.74, 6) is -0.878. The fraction of sp³-hybridized carbons (Fsp3) is 0.303. The molecule has 10 nitrogen and oxygen atoms in total. The number of nitrogens with zero attached hydrogens (tertiary/aromatic N) is 4. The lowest BCUT2D eigenvalue weighted by Gasteiger charge is -2.27. The maximum atomic E-state index is 13.7. The van der Waals surface area contributed by atoms with E-state index in [0.717, 1.165) is 27.5 Å². The van der Waals surface area contributed by atoms with Crippen molar-refractivity contribution in [2.24, 2.45) is 0 Å². The maximum Gasteiger partial charge on any atom is 0.302 e. The van der Waals surface area contributed by atoms with E-state index in [1.165, 1.54) is 6.92 Å². The Labute approximate surface area is 250 Å². The Hall–Kier alpha value is -5.01. The molecule has 2 heterocycles. The molecule has 0 fully saturated rings. The molecular formula is C33H34N4O6. The third-order valence-corrected chi connectivity index (χ3v) is 6.69. The van der Waals surface area contributed by atoms with Gasteiger partial charge < -0.3 is 14.2 Å². The first-order valence-electron chi connectivity index (χ1n) is 13.9. The molecule has 0 spiro atoms. The van der Waals surface area contributed by atoms with Crippen molar-refractivity contribution in [3.8, 4) is 28.8 Å². The number of amides is 2. The van der Waals surface area contributed by atoms with Gasteiger partial charge in [-0.25, -0.2) is 4.68 Å². The number of hydrogen-bond acceptors (Lipinski definition) is 8. The molecule has 1 aliphatic rings. The minimum absolute atomic E-state index is 0.0189. The number of rotatable bonds is 11. The van der Waals surface area contributed by atoms with Crippen molar-refractivity contribution in [1.82, 2.24) is 14.7 Å². The van der Waals surface area contributed by atoms with E-state index in [0.29, 0.717) is 16.8 Å². The number of carbonyl (C=O) groups excluding carboxylic acids is 3. The molecular weight excluding hydrogens is 548 g/mol. The maximum absolute atomic E-state index is 13.7. The molecule has 0 atom stereocenters. The lowest BCUT2D eigenvalue weighted by atomic mass is 9.93. The van der Waals surface area contributed by atoms with Gasteiger partial charge in [-0.1, -0.05) is 18.2 Å². The molecule has 0 N–H and O–H groups in total. The van der Waals surface area contributed by atoms with Gasteiger partial charge in [-0.3, -0.25) is 19.3 Å². The van der Waals surface area contributed by atoms with Gasteiger partial charge >= 0.3 is 5.97 Å². The predicted octanol–water partition coefficient (Wildman–Crippen LogP) is 4.81. The summed E-state index contributed by atoms with van der Waals surface area (Å²) in [6.45, 7) is 8.90. The predicted molar refractivity (Wildman–Crippen MR) is 160 cm³/mol. The molecule has 222 valence electrons. The highest BCUT2D eigenvalue weighted by Crippen LogP contribution is 2.33. The number of aryl methyl sites for hydroxylation is 1. The number of benzene rings is 2. The molecule has 2 amide bonds. The number of aromatic nitrogens is 2. The van der Waals surface area contributed by atoms with Crippen LogP contribution < -0.4 is 4.74 Å². The SMILES string of the molecule is CC(=O)OCCOCCN1C(=O)C(C#N)=C(C)/C(=C\c2cn(-c3ccccc3)nc2-c2ccc(OC(C)C)c(C)c2)C1=O. The van der Waals surface area contributed by atoms with Crippen molar-refractivity contribution in [2.45, 2.75) is 40.7 Å². The second-order valence-corrected chi connectivity index (χ2v) is 10.2. The minimum atomic E-state index is -0.678. The smallest absolute Gasteiger partial charge is 0.302 e. The molecule has 43 heavy (non-hydrogen) atoms. The first-order valence-corrected chi connectivity index (χ1v) is 13.9. The van der Waals surface area contributed by atoms with Gasteiger partial charge in [0.25, 0.3) is 11.8 Å². The van der Waals surface area contributed by atoms with Crippen molar-refractivity contribution in [3.05, 3.63) is 82.6 Å². The number of imide groups is 1. The topological polar surface area (TPSA) is 124 Å². The second kappa shape index (κ2) is 13.8. The van der Waals surface area contributed by atoms with Crippen LogP contribution in [0.5, 0.6) is 5.75 Å². The number of esters is 1. The average Bonchev–Trinajstić information content (AvgIpc) is 3.40. The summed E-state index contributed by atoms with van der Waals surface area (Å²) in [6.07, 6.45) is 3.51. The highest BCUT2D eigenvalue weighted by molar-refractivity contribution is 6.19. The molecule has 4 rings (SSSR count). The van der Waals surface area contributed by atoms with Gasteiger partial charge in [0.15, 0.2) is 0 Å². The highest BCUT2D eigenvalue weighted by Gasteiger charge is 2.35. The zero-order chi connectivity index (χ0) is 31.1. The quantitative estimate of drug-likeness (QED) is 0.137. The molecule has 0 unspecified atom stereocenters. The Balaban J connectivity index is 1.74. The van der Waals surface area contributed by atoms with Crippen LogP contribution >= 0.6 is 0 Å². The third kappa shape index (κ3) is 7.26. The van der Waals surface area contributed by atoms with Crippen LogP contribution in [-0.2, 0) is 23.9 Å². The Morgan fingerprint density at radius 2 is 1.79 bits per heavy atom. The van der Waals surface area contributed by atoms with Crippen LogP contribution in [0.25, 0.3) is 23.0 Å². The number of hydrogen-bond donors (Lipinski definition) is 0. The van der Waals surface area contributed by atoms with Crippen LogP contribution in [0.1, 0.15) is 38.8 Å². The minimum Gasteiger partial charge on any atom is -0.491 e. The summed E-state index contributed by atoms with van der Waals surface area (Å²) in [5.41, 5.74) is 4.21. The fourth-order valence-electron chi connectivity index (χ4n) is 4.60. The standard InChI is InChI=1S/C33H34N4O6/c1-21(2)43-30-12-11-25(17-22(30)3)31-26(20-37(35-31)27-9-7-6-8-10-27)18-28-23(4)29(19-34)33(40)36(32(28)39)13-14-41-15-16-42-24(5)38/h6-12,17-18,20-21H,13-16H2,1-5H3/b28-18+. The summed E-state index contributed by atoms with van der Waals surface area (Å²) in [6, 6.07) is 17.3. The summed E-state index contributed by atoms with van der Waals surface area (Å²) in [7, 11) is 0. The Morgan fingerprint density at radius 3 is 2.44 bits per heavy atom. The average molecular weight is 583 g/mol. The second-order valence-electron chi connectivity index (χ2n) is 10.2. The Bertz CT molecular complexity index is 1630. The molecule has 3 aromatic rings. The van der Waals surface area contributed by atoms with E-state index in [4.69, 9.17) is 19.3 Å². The van der Waals surface area contributed by atoms with Crippen molar-refractivity contribution >= 4 is 23.9 Å². The summed E-state index contributed by atoms with van der Waals surface area (Å²) in [5, 5.41) is 14.7. The Morgan fingerprint density at radius 1 is 1.05 bits per heavy atom. The van der Waals surface area contributed by atoms with Crippen molar-refractivity contribution in [2.75, 3.05) is 26.4 Å². The molecule has 10 heteroatoms. The monoisotopic (exact) mass is 582 g/mol. The van der Waals surface area contributed by atoms with Crippen molar-refractivity contribution in [1.29, 1.82) is 5.26 Å². The van der Waals surface area contributed by atoms with Crippen molar-refractivity contribution in [3.63, 3.8) is 0 Å². The molecule has 0 radical (unpaired) electrons. The number of carbonyl (C=O) groups is 3. The highest BCUT2D eigenvalue weighted by atomic mass is 16.6. The van der Waals surface area contributed by atoms with E-state index in [9.17, 15) is 19.6 Å². The summed E-state index contributed by atoms with van der Waals surface area (Å²) in [4.78, 5) is 38.7. The van der Waals surface area contributed by atoms with Gasteiger partial charge in [0.1, 0.15) is 24.0 Å². The van der Waals surface area contributed by atoms with Gasteiger partial charge in [-0.05, 0) is 75.2 Å². The van der Waals surface area contributed by atoms with Crippen molar-refractivity contribution < 1.29 is 28.6 Å². The molecule has 0 saturated heterocycles. The normalized spacial score (nSPS) is 14.4. The molecule has 1 aromatic heterocycles. The van der Waals surface area contributed by atoms with E-state index < -0.39 is 17.8 Å². The lowest BCUT2D eigenvalue weighted by Crippen LogP contribution is -2.44. The van der Waals surface area contributed by atoms with Crippen LogP contribution in [0.4, 0.5) is 0 Å². The number of ether oxygens (including phenoxy) is 3. The molecule has 0 bridgehead atoms. The largest absolute Gasteiger partial charge is 0.491 e. The molecule has 2 aromatic carbocycles. The zero-order valence-electron chi connectivity index (χ0n) is 24.9. The van der Waals surface area contributed by atoms with Gasteiger partial charge in [0.05, 0.1) is 37.2 Å². The van der Waals surface area contributed by atoms with Gasteiger partial charge in [0.2, 0.25) is 0 Å². The summed E-state index contributed by atoms with van der Waals surface area (Å²) < 4.78 is 17.9. The molecule has 1 aliphatic heterocycles. The van der Waals surface area contributed by atoms with Crippen LogP contribution in [0.15, 0.2) is 71.4 Å². The van der Waals surface area contributed by atoms with E-state index in [2.05, 4.69) is 0 Å². The van der Waals surface area contributed by atoms with Crippen LogP contribution in [-0.4, -0.2) is 64.9 Å². The zero-order valence-corrected chi connectivity index (χ0v) is 24.9. The van der Waals surface area contributed by atoms with Crippen LogP contribution in [0, 0.1) is 18.3 Å². The fourth-order valence-corrected chi connectivity index (χ4v) is 4.60. The van der Waals surface area contributed by atoms with Gasteiger partial charge in [0, 0.05) is 29.8 Å². The Kier molecular flexibility index (Phi) is 9.91. The van der Waals surface area contributed by atoms with Crippen LogP contribution in [0.2, 0.25) is 0 Å². The van der Waals surface area contributed by atoms with E-state index in [1.807, 2.05) is 81.6 Å². The number of nitriles is 1.